The van der Waals surface area contributed by atoms with E-state index in [4.69, 9.17) is 52.6 Å². The number of esters is 3. The molecule has 4 saturated heterocycles. The third-order valence-corrected chi connectivity index (χ3v) is 40.4. The summed E-state index contributed by atoms with van der Waals surface area (Å²) in [5.41, 5.74) is 4.49. The number of aliphatic hydroxyl groups is 4. The number of nitriles is 1. The molecule has 16 aliphatic rings. The Balaban J connectivity index is 0.000000145. The van der Waals surface area contributed by atoms with Gasteiger partial charge in [0.1, 0.15) is 35.8 Å². The van der Waals surface area contributed by atoms with Crippen molar-refractivity contribution in [1.82, 2.24) is 0 Å². The minimum atomic E-state index is -1.31. The van der Waals surface area contributed by atoms with Crippen molar-refractivity contribution in [2.24, 2.45) is 148 Å². The van der Waals surface area contributed by atoms with Gasteiger partial charge >= 0.3 is 32.1 Å². The van der Waals surface area contributed by atoms with Crippen molar-refractivity contribution in [2.45, 2.75) is 354 Å². The molecule has 0 aromatic heterocycles. The fourth-order valence-corrected chi connectivity index (χ4v) is 32.2. The average molecular weight is 2040 g/mol. The number of Topliss-reactive ketones (excluding diaryl/α,β-unsaturated/α-hetero) is 2. The highest BCUT2D eigenvalue weighted by Gasteiger charge is 2.66. The first-order valence-electron chi connectivity index (χ1n) is 56.8. The van der Waals surface area contributed by atoms with Crippen LogP contribution >= 0.6 is 0 Å². The number of hydrogen-bond acceptors (Lipinski definition) is 21. The number of rotatable bonds is 26. The number of allylic oxidation sites excluding steroid dienone is 1. The number of ketones is 2. The molecule has 1 unspecified atom stereocenters. The number of fused-ring (bicyclic) bond motifs is 10. The number of carbonyl (C=O) groups is 6. The molecule has 4 aliphatic heterocycles. The summed E-state index contributed by atoms with van der Waals surface area (Å²) in [5, 5.41) is 53.1. The first-order valence-corrected chi connectivity index (χ1v) is 59.0. The van der Waals surface area contributed by atoms with Crippen molar-refractivity contribution in [3.05, 3.63) is 191 Å². The SMILES string of the molecule is C.C.C/C=C1/C(=O)C[C@@H]2CCCC[C@H]2[C@@H]1COCc1ccccc1.C[C@@H](OC=O)[C@@H]1C(=O)C[C@@H]2CCCC[C@H]2[C@@H]1COCc1ccccc1.C[C@H]1OC(=O)[C@@H]2C[C@@H]3CCCC[C@H]3[C@H](CO)[C@H]12.C[C@H]1OC(=O)[C@@H]2C[C@@H]3CCCC[C@H]3[C@H](COCc3ccccc3)[C@H]12.C[C@H]1OC(=O)[C@]2(O)C[C@@H]3CCCC[C@H]3[C@H](COCc3ccccc3)[C@H]12.C[C@H]1OC(O)[C@]2(O)C[C@@H]3CCCC[C@H]3[C@H](COCc3ccccc3)[C@H]12.C[CH2][Al]([C]#N)[CH2]C. The maximum Gasteiger partial charge on any atom is 0.421 e. The van der Waals surface area contributed by atoms with E-state index in [1.54, 1.807) is 0 Å². The number of aliphatic hydroxyl groups excluding tert-OH is 2. The van der Waals surface area contributed by atoms with Crippen LogP contribution in [0.2, 0.25) is 10.6 Å². The summed E-state index contributed by atoms with van der Waals surface area (Å²) in [7, 11) is 0. The predicted octanol–water partition coefficient (Wildman–Crippen LogP) is 23.8. The average Bonchev–Trinajstić information content (AvgIpc) is 1.57. The number of cyclic esters (lactones) is 3. The summed E-state index contributed by atoms with van der Waals surface area (Å²) in [6, 6.07) is 51.1. The van der Waals surface area contributed by atoms with Gasteiger partial charge in [-0.1, -0.05) is 305 Å². The highest BCUT2D eigenvalue weighted by molar-refractivity contribution is 6.66. The van der Waals surface area contributed by atoms with E-state index < -0.39 is 37.6 Å². The molecular weight excluding hydrogens is 1860 g/mol. The number of carbonyl (C=O) groups excluding carboxylic acids is 6. The monoisotopic (exact) mass is 2040 g/mol. The van der Waals surface area contributed by atoms with E-state index in [9.17, 15) is 49.2 Å². The van der Waals surface area contributed by atoms with Gasteiger partial charge in [-0.3, -0.25) is 24.0 Å². The molecule has 16 fully saturated rings. The molecule has 21 rings (SSSR count). The highest BCUT2D eigenvalue weighted by Crippen LogP contribution is 2.60. The Bertz CT molecular complexity index is 4890. The number of benzene rings is 5. The van der Waals surface area contributed by atoms with Crippen LogP contribution in [-0.4, -0.2) is 158 Å². The fraction of sp³-hybridized carbons (Fsp3) is 0.688. The summed E-state index contributed by atoms with van der Waals surface area (Å²) in [4.78, 5) is 74.8. The minimum Gasteiger partial charge on any atom is -0.464 e. The molecule has 12 saturated carbocycles. The van der Waals surface area contributed by atoms with Crippen LogP contribution < -0.4 is 0 Å². The maximum absolute atomic E-state index is 12.8. The van der Waals surface area contributed by atoms with Gasteiger partial charge in [-0.2, -0.15) is 0 Å². The third kappa shape index (κ3) is 28.8. The number of ether oxygens (including phenoxy) is 10. The highest BCUT2D eigenvalue weighted by atomic mass is 27.2. The molecule has 5 aromatic rings. The molecule has 0 bridgehead atoms. The van der Waals surface area contributed by atoms with Gasteiger partial charge in [0.05, 0.1) is 89.9 Å². The van der Waals surface area contributed by atoms with E-state index in [1.165, 1.54) is 145 Å². The van der Waals surface area contributed by atoms with E-state index in [1.807, 2.05) is 132 Å². The van der Waals surface area contributed by atoms with Crippen molar-refractivity contribution < 1.29 is 96.6 Å². The molecule has 4 N–H and O–H groups in total. The van der Waals surface area contributed by atoms with Gasteiger partial charge in [0.25, 0.3) is 6.47 Å². The third-order valence-electron chi connectivity index (χ3n) is 38.1. The van der Waals surface area contributed by atoms with Crippen molar-refractivity contribution in [1.29, 1.82) is 5.26 Å². The second-order valence-corrected chi connectivity index (χ2v) is 49.6. The van der Waals surface area contributed by atoms with E-state index in [-0.39, 0.29) is 123 Å². The lowest BCUT2D eigenvalue weighted by molar-refractivity contribution is -0.200. The Morgan fingerprint density at radius 1 is 0.442 bits per heavy atom. The maximum atomic E-state index is 12.8. The van der Waals surface area contributed by atoms with Crippen molar-refractivity contribution in [3.8, 4) is 4.93 Å². The molecule has 22 heteroatoms. The van der Waals surface area contributed by atoms with Crippen molar-refractivity contribution >= 4 is 50.1 Å². The Morgan fingerprint density at radius 3 is 1.22 bits per heavy atom. The van der Waals surface area contributed by atoms with Crippen LogP contribution in [0.5, 0.6) is 0 Å². The predicted molar refractivity (Wildman–Crippen MR) is 573 cm³/mol. The summed E-state index contributed by atoms with van der Waals surface area (Å²) < 4.78 is 57.6. The summed E-state index contributed by atoms with van der Waals surface area (Å²) in [6.45, 7) is 23.0. The topological polar surface area (TPSA) is 299 Å². The second-order valence-electron chi connectivity index (χ2n) is 46.3. The quantitative estimate of drug-likeness (QED) is 0.0131. The summed E-state index contributed by atoms with van der Waals surface area (Å²) in [5.74, 6) is 9.18. The van der Waals surface area contributed by atoms with E-state index in [0.717, 1.165) is 78.8 Å². The first kappa shape index (κ1) is 117. The van der Waals surface area contributed by atoms with Gasteiger partial charge < -0.3 is 67.8 Å². The van der Waals surface area contributed by atoms with E-state index in [2.05, 4.69) is 86.4 Å². The lowest BCUT2D eigenvalue weighted by Gasteiger charge is -2.51. The lowest BCUT2D eigenvalue weighted by Crippen LogP contribution is -2.57. The summed E-state index contributed by atoms with van der Waals surface area (Å²) in [6.07, 6.45) is 34.7. The Hall–Kier alpha value is -7.32. The van der Waals surface area contributed by atoms with Crippen LogP contribution in [-0.2, 0) is 109 Å². The van der Waals surface area contributed by atoms with E-state index >= 15 is 0 Å². The molecule has 0 radical (unpaired) electrons. The molecule has 33 atom stereocenters. The molecule has 147 heavy (non-hydrogen) atoms. The van der Waals surface area contributed by atoms with Gasteiger partial charge in [0, 0.05) is 49.0 Å². The molecule has 0 amide bonds. The lowest BCUT2D eigenvalue weighted by atomic mass is 9.56. The number of hydrogen-bond donors (Lipinski definition) is 4. The minimum absolute atomic E-state index is 0. The standard InChI is InChI=1S/C21H30O4.2C21H28O4.C21H28O3.C20H26O2.C14H22O3.2C2H5.CN.2CH4.Al/c2*1-14-19-18(13-24-12-15-7-3-2-4-8-15)17-10-6-5-9-16(17)11-21(19,23)20(22)25-14;1-15(25-14-22)21-19(13-24-12-16-7-3-2-4-8-16)18-10-6-5-9-17(18)11-20(21)23;1-14-20-18(21(22)24-14)11-16-9-5-6-10-17(16)19(20)13-23-12-15-7-3-2-4-8-15;1-2-17-19(14-22-13-15-8-4-3-5-9-15)18-11-7-6-10-16(18)12-20(17)21;1-8-13-11(14(16)17-8)6-9-4-2-3-5-10(9)12(13)7-15;3*1-2;;;/h2-4,7-8,14,16-20,22-23H,5-6,9-13H2,1H3;2-4,7-8,14,16-19,23H,5-6,9-13H2,1H3;2-4,7-8,14-15,17-19,21H,5-6,9-13H2,1H3;2-4,7-8,14,16-20H,5-6,9-13H2,1H3;2-5,8-9,16,18-19H,6-7,10-14H2,1H3;8-13,15H,2-7H2,1H3;2*1H2,2H3;;2*1H4;/b;;;;17-2+;;;;;;;/t14-,16+,17-,18+,19+,20?,21+;14-,16+,17-,18+,19+,21+;15-,17+,18-,19+,21+;14-,16+,17-,18-,19+,20-;16-,18+,19+;8-,9+,10-,11-,12+,13-;;;;;;/m111101....../s1. The largest absolute Gasteiger partial charge is 0.464 e. The molecule has 21 nitrogen and oxygen atoms in total. The Kier molecular flexibility index (Phi) is 45.3. The van der Waals surface area contributed by atoms with Gasteiger partial charge in [0.15, 0.2) is 17.7 Å². The van der Waals surface area contributed by atoms with Crippen LogP contribution in [0.4, 0.5) is 0 Å². The Labute approximate surface area is 884 Å². The zero-order chi connectivity index (χ0) is 102. The zero-order valence-corrected chi connectivity index (χ0v) is 89.4. The number of nitrogens with zero attached hydrogens (tertiary/aromatic N) is 1. The molecule has 5 aromatic carbocycles. The first-order chi connectivity index (χ1) is 70.5. The van der Waals surface area contributed by atoms with Crippen molar-refractivity contribution in [3.63, 3.8) is 0 Å². The van der Waals surface area contributed by atoms with Crippen LogP contribution in [0.3, 0.4) is 0 Å². The van der Waals surface area contributed by atoms with E-state index in [0.29, 0.717) is 186 Å². The molecule has 0 spiro atoms. The van der Waals surface area contributed by atoms with Crippen molar-refractivity contribution in [2.75, 3.05) is 39.6 Å². The Morgan fingerprint density at radius 2 is 0.803 bits per heavy atom. The molecule has 4 heterocycles. The van der Waals surface area contributed by atoms with Crippen LogP contribution in [0.25, 0.3) is 0 Å². The zero-order valence-electron chi connectivity index (χ0n) is 88.2. The van der Waals surface area contributed by atoms with Gasteiger partial charge in [-0.15, -0.1) is 0 Å². The fourth-order valence-electron chi connectivity index (χ4n) is 31.3. The van der Waals surface area contributed by atoms with Gasteiger partial charge in [-0.05, 0) is 253 Å². The van der Waals surface area contributed by atoms with Gasteiger partial charge in [0.2, 0.25) is 0 Å². The van der Waals surface area contributed by atoms with Gasteiger partial charge in [-0.25, -0.2) is 10.1 Å². The smallest absolute Gasteiger partial charge is 0.421 e. The van der Waals surface area contributed by atoms with Crippen LogP contribution in [0.1, 0.15) is 291 Å². The molecule has 808 valence electrons. The summed E-state index contributed by atoms with van der Waals surface area (Å²) >= 11 is -0.866. The normalized spacial score (nSPS) is 36.3. The second kappa shape index (κ2) is 57.0. The molecule has 12 aliphatic carbocycles. The molecular formula is C125H180AlNO20. The van der Waals surface area contributed by atoms with Crippen LogP contribution in [0, 0.1) is 158 Å². The van der Waals surface area contributed by atoms with Crippen LogP contribution in [0.15, 0.2) is 163 Å².